The third-order valence-corrected chi connectivity index (χ3v) is 5.78. The van der Waals surface area contributed by atoms with E-state index in [2.05, 4.69) is 50.4 Å². The Kier molecular flexibility index (Phi) is 5.83. The lowest BCUT2D eigenvalue weighted by Gasteiger charge is -2.35. The Morgan fingerprint density at radius 3 is 2.39 bits per heavy atom. The zero-order valence-electron chi connectivity index (χ0n) is 18.3. The van der Waals surface area contributed by atoms with Gasteiger partial charge in [0.15, 0.2) is 11.5 Å². The van der Waals surface area contributed by atoms with Gasteiger partial charge in [-0.15, -0.1) is 0 Å². The molecule has 0 amide bonds. The van der Waals surface area contributed by atoms with Crippen LogP contribution in [-0.2, 0) is 0 Å². The number of pyridine rings is 1. The summed E-state index contributed by atoms with van der Waals surface area (Å²) in [6.07, 6.45) is 1.65. The molecule has 0 saturated carbocycles. The summed E-state index contributed by atoms with van der Waals surface area (Å²) in [5, 5.41) is 14.9. The molecule has 31 heavy (non-hydrogen) atoms. The Morgan fingerprint density at radius 1 is 1.10 bits per heavy atom. The normalized spacial score (nSPS) is 16.1. The van der Waals surface area contributed by atoms with Gasteiger partial charge in [-0.2, -0.15) is 5.26 Å². The minimum absolute atomic E-state index is 0.192. The van der Waals surface area contributed by atoms with Crippen LogP contribution in [0.2, 0.25) is 0 Å². The first-order valence-corrected chi connectivity index (χ1v) is 10.3. The molecule has 7 heteroatoms. The van der Waals surface area contributed by atoms with Crippen LogP contribution in [0.15, 0.2) is 42.6 Å². The van der Waals surface area contributed by atoms with E-state index in [-0.39, 0.29) is 6.04 Å². The average Bonchev–Trinajstić information content (AvgIpc) is 2.82. The number of aromatic nitrogens is 1. The summed E-state index contributed by atoms with van der Waals surface area (Å²) in [5.41, 5.74) is 2.94. The average molecular weight is 418 g/mol. The lowest BCUT2D eigenvalue weighted by Crippen LogP contribution is -2.46. The summed E-state index contributed by atoms with van der Waals surface area (Å²) in [7, 11) is 7.30. The molecule has 3 aromatic rings. The van der Waals surface area contributed by atoms with Crippen LogP contribution in [0.5, 0.6) is 11.5 Å². The highest BCUT2D eigenvalue weighted by Gasteiger charge is 2.24. The molecule has 1 aliphatic heterocycles. The zero-order chi connectivity index (χ0) is 22.0. The van der Waals surface area contributed by atoms with Crippen LogP contribution < -0.4 is 24.6 Å². The summed E-state index contributed by atoms with van der Waals surface area (Å²) < 4.78 is 11.0. The summed E-state index contributed by atoms with van der Waals surface area (Å²) in [5.74, 6) is 2.08. The van der Waals surface area contributed by atoms with Crippen molar-refractivity contribution < 1.29 is 9.47 Å². The third-order valence-electron chi connectivity index (χ3n) is 5.78. The van der Waals surface area contributed by atoms with Crippen LogP contribution in [0, 0.1) is 11.3 Å². The first kappa shape index (κ1) is 20.8. The van der Waals surface area contributed by atoms with Crippen molar-refractivity contribution in [1.29, 1.82) is 5.26 Å². The molecule has 2 heterocycles. The summed E-state index contributed by atoms with van der Waals surface area (Å²) >= 11 is 0. The number of rotatable bonds is 5. The number of anilines is 2. The highest BCUT2D eigenvalue weighted by molar-refractivity contribution is 5.98. The predicted molar refractivity (Wildman–Crippen MR) is 123 cm³/mol. The second-order valence-electron chi connectivity index (χ2n) is 7.80. The van der Waals surface area contributed by atoms with E-state index in [0.717, 1.165) is 36.2 Å². The van der Waals surface area contributed by atoms with Crippen molar-refractivity contribution in [2.24, 2.45) is 0 Å². The van der Waals surface area contributed by atoms with Crippen molar-refractivity contribution in [3.63, 3.8) is 0 Å². The molecule has 7 nitrogen and oxygen atoms in total. The molecule has 0 spiro atoms. The van der Waals surface area contributed by atoms with Crippen LogP contribution >= 0.6 is 0 Å². The minimum Gasteiger partial charge on any atom is -0.493 e. The Hall–Kier alpha value is -3.50. The number of hydrogen-bond acceptors (Lipinski definition) is 7. The quantitative estimate of drug-likeness (QED) is 0.682. The van der Waals surface area contributed by atoms with Crippen molar-refractivity contribution >= 4 is 22.3 Å². The molecule has 4 rings (SSSR count). The van der Waals surface area contributed by atoms with E-state index < -0.39 is 0 Å². The van der Waals surface area contributed by atoms with E-state index in [9.17, 15) is 5.26 Å². The van der Waals surface area contributed by atoms with Crippen molar-refractivity contribution in [3.8, 4) is 17.6 Å². The fraction of sp³-hybridized carbons (Fsp3) is 0.333. The van der Waals surface area contributed by atoms with E-state index in [1.807, 2.05) is 26.2 Å². The number of nitrogens with zero attached hydrogens (tertiary/aromatic N) is 4. The second-order valence-corrected chi connectivity index (χ2v) is 7.80. The van der Waals surface area contributed by atoms with E-state index in [4.69, 9.17) is 9.47 Å². The first-order chi connectivity index (χ1) is 15.0. The summed E-state index contributed by atoms with van der Waals surface area (Å²) in [6.45, 7) is 2.45. The lowest BCUT2D eigenvalue weighted by atomic mass is 10.0. The van der Waals surface area contributed by atoms with Gasteiger partial charge in [-0.25, -0.2) is 4.98 Å². The molecule has 1 unspecified atom stereocenters. The molecule has 0 bridgehead atoms. The molecule has 1 N–H and O–H groups in total. The van der Waals surface area contributed by atoms with Gasteiger partial charge >= 0.3 is 0 Å². The van der Waals surface area contributed by atoms with Crippen LogP contribution in [0.3, 0.4) is 0 Å². The fourth-order valence-corrected chi connectivity index (χ4v) is 4.06. The predicted octanol–water partition coefficient (Wildman–Crippen LogP) is 3.34. The maximum absolute atomic E-state index is 9.59. The molecule has 1 aliphatic rings. The molecule has 1 fully saturated rings. The monoisotopic (exact) mass is 417 g/mol. The van der Waals surface area contributed by atoms with Gasteiger partial charge in [-0.1, -0.05) is 12.1 Å². The van der Waals surface area contributed by atoms with E-state index in [1.165, 1.54) is 11.3 Å². The number of hydrogen-bond donors (Lipinski definition) is 1. The molecule has 1 atom stereocenters. The SMILES string of the molecule is COc1cc2c(C#N)cnc(N3CCNC(c4ccc(N(C)C)cc4)C3)c2cc1OC. The number of methoxy groups -OCH3 is 2. The molecule has 0 aliphatic carbocycles. The van der Waals surface area contributed by atoms with Gasteiger partial charge in [0.05, 0.1) is 19.8 Å². The number of benzene rings is 2. The van der Waals surface area contributed by atoms with E-state index in [0.29, 0.717) is 17.1 Å². The van der Waals surface area contributed by atoms with Gasteiger partial charge in [0, 0.05) is 62.4 Å². The van der Waals surface area contributed by atoms with Gasteiger partial charge in [-0.05, 0) is 29.8 Å². The molecular formula is C24H27N5O2. The Labute approximate surface area is 182 Å². The fourth-order valence-electron chi connectivity index (χ4n) is 4.06. The van der Waals surface area contributed by atoms with Gasteiger partial charge in [0.2, 0.25) is 0 Å². The minimum atomic E-state index is 0.192. The van der Waals surface area contributed by atoms with Crippen molar-refractivity contribution in [2.45, 2.75) is 6.04 Å². The van der Waals surface area contributed by atoms with Crippen LogP contribution in [-0.4, -0.2) is 52.9 Å². The maximum atomic E-state index is 9.59. The van der Waals surface area contributed by atoms with E-state index >= 15 is 0 Å². The molecular weight excluding hydrogens is 390 g/mol. The molecule has 2 aromatic carbocycles. The Morgan fingerprint density at radius 2 is 1.77 bits per heavy atom. The highest BCUT2D eigenvalue weighted by atomic mass is 16.5. The van der Waals surface area contributed by atoms with Crippen molar-refractivity contribution in [3.05, 3.63) is 53.7 Å². The Balaban J connectivity index is 1.71. The van der Waals surface area contributed by atoms with Gasteiger partial charge < -0.3 is 24.6 Å². The van der Waals surface area contributed by atoms with Crippen molar-refractivity contribution in [2.75, 3.05) is 57.7 Å². The maximum Gasteiger partial charge on any atom is 0.161 e. The smallest absolute Gasteiger partial charge is 0.161 e. The number of nitrogens with one attached hydrogen (secondary N) is 1. The largest absolute Gasteiger partial charge is 0.493 e. The van der Waals surface area contributed by atoms with Gasteiger partial charge in [-0.3, -0.25) is 0 Å². The number of piperazine rings is 1. The highest BCUT2D eigenvalue weighted by Crippen LogP contribution is 2.38. The lowest BCUT2D eigenvalue weighted by molar-refractivity contribution is 0.356. The molecule has 160 valence electrons. The van der Waals surface area contributed by atoms with Crippen LogP contribution in [0.25, 0.3) is 10.8 Å². The molecule has 0 radical (unpaired) electrons. The van der Waals surface area contributed by atoms with Crippen molar-refractivity contribution in [1.82, 2.24) is 10.3 Å². The molecule has 1 saturated heterocycles. The molecule has 1 aromatic heterocycles. The number of fused-ring (bicyclic) bond motifs is 1. The number of nitriles is 1. The third kappa shape index (κ3) is 3.94. The Bertz CT molecular complexity index is 1120. The first-order valence-electron chi connectivity index (χ1n) is 10.3. The number of ether oxygens (including phenoxy) is 2. The summed E-state index contributed by atoms with van der Waals surface area (Å²) in [4.78, 5) is 9.04. The summed E-state index contributed by atoms with van der Waals surface area (Å²) in [6, 6.07) is 14.8. The standard InChI is InChI=1S/C24H27N5O2/c1-28(2)18-7-5-16(6-8-18)21-15-29(10-9-26-21)24-20-12-23(31-4)22(30-3)11-19(20)17(13-25)14-27-24/h5-8,11-12,14,21,26H,9-10,15H2,1-4H3. The topological polar surface area (TPSA) is 73.7 Å². The second kappa shape index (κ2) is 8.70. The van der Waals surface area contributed by atoms with Crippen LogP contribution in [0.1, 0.15) is 17.2 Å². The zero-order valence-corrected chi connectivity index (χ0v) is 18.3. The van der Waals surface area contributed by atoms with Crippen LogP contribution in [0.4, 0.5) is 11.5 Å². The van der Waals surface area contributed by atoms with E-state index in [1.54, 1.807) is 20.4 Å². The van der Waals surface area contributed by atoms with Gasteiger partial charge in [0.25, 0.3) is 0 Å². The van der Waals surface area contributed by atoms with Gasteiger partial charge in [0.1, 0.15) is 11.9 Å².